The third-order valence-corrected chi connectivity index (χ3v) is 4.27. The van der Waals surface area contributed by atoms with E-state index in [0.29, 0.717) is 4.59 Å². The van der Waals surface area contributed by atoms with Crippen molar-refractivity contribution in [2.24, 2.45) is 10.5 Å². The summed E-state index contributed by atoms with van der Waals surface area (Å²) in [6.07, 6.45) is 6.19. The molecule has 3 rings (SSSR count). The monoisotopic (exact) mass is 306 g/mol. The highest BCUT2D eigenvalue weighted by atomic mass is 15.6. The summed E-state index contributed by atoms with van der Waals surface area (Å²) in [7, 11) is 0. The quantitative estimate of drug-likeness (QED) is 0.732. The smallest absolute Gasteiger partial charge is 0.164 e. The molecule has 1 aromatic carbocycles. The van der Waals surface area contributed by atoms with Crippen LogP contribution in [0.15, 0.2) is 66.0 Å². The van der Waals surface area contributed by atoms with Crippen molar-refractivity contribution in [1.82, 2.24) is 9.58 Å². The zero-order valence-corrected chi connectivity index (χ0v) is 14.3. The third kappa shape index (κ3) is 2.97. The minimum atomic E-state index is 0.0598. The average molecular weight is 306 g/mol. The molecule has 0 spiro atoms. The molecule has 0 bridgehead atoms. The minimum Gasteiger partial charge on any atom is -0.256 e. The highest BCUT2D eigenvalue weighted by molar-refractivity contribution is 6.01. The van der Waals surface area contributed by atoms with Crippen LogP contribution in [0.5, 0.6) is 0 Å². The fraction of sp³-hybridized carbons (Fsp3) is 0.300. The van der Waals surface area contributed by atoms with Gasteiger partial charge in [0.05, 0.1) is 5.69 Å². The van der Waals surface area contributed by atoms with Crippen LogP contribution in [0.2, 0.25) is 0 Å². The molecule has 0 aliphatic carbocycles. The molecule has 0 N–H and O–H groups in total. The third-order valence-electron chi connectivity index (χ3n) is 4.27. The second-order valence-corrected chi connectivity index (χ2v) is 6.96. The van der Waals surface area contributed by atoms with E-state index in [1.54, 1.807) is 0 Å². The topological polar surface area (TPSA) is 25.2 Å². The second kappa shape index (κ2) is 5.74. The normalized spacial score (nSPS) is 20.6. The molecule has 23 heavy (non-hydrogen) atoms. The van der Waals surface area contributed by atoms with Crippen molar-refractivity contribution in [1.29, 1.82) is 0 Å². The van der Waals surface area contributed by atoms with Gasteiger partial charge in [-0.3, -0.25) is 4.98 Å². The predicted octanol–water partition coefficient (Wildman–Crippen LogP) is 5.01. The van der Waals surface area contributed by atoms with Crippen molar-refractivity contribution in [2.75, 3.05) is 6.54 Å². The minimum absolute atomic E-state index is 0.0598. The van der Waals surface area contributed by atoms with Gasteiger partial charge in [-0.25, -0.2) is 0 Å². The van der Waals surface area contributed by atoms with Crippen molar-refractivity contribution in [3.8, 4) is 11.3 Å². The summed E-state index contributed by atoms with van der Waals surface area (Å²) in [4.78, 5) is 4.46. The fourth-order valence-corrected chi connectivity index (χ4v) is 2.79. The first-order chi connectivity index (χ1) is 10.9. The van der Waals surface area contributed by atoms with E-state index >= 15 is 0 Å². The molecule has 118 valence electrons. The summed E-state index contributed by atoms with van der Waals surface area (Å²) in [5.41, 5.74) is 4.49. The van der Waals surface area contributed by atoms with Gasteiger partial charge in [0.15, 0.2) is 5.69 Å². The molecule has 0 saturated heterocycles. The van der Waals surface area contributed by atoms with Gasteiger partial charge in [0.25, 0.3) is 0 Å². The van der Waals surface area contributed by atoms with Gasteiger partial charge in [-0.2, -0.15) is 0 Å². The Hall–Kier alpha value is -2.26. The van der Waals surface area contributed by atoms with Crippen LogP contribution in [-0.2, 0) is 0 Å². The first-order valence-corrected chi connectivity index (χ1v) is 8.14. The van der Waals surface area contributed by atoms with E-state index in [-0.39, 0.29) is 5.41 Å². The van der Waals surface area contributed by atoms with Crippen LogP contribution in [0.25, 0.3) is 11.3 Å². The molecule has 1 atom stereocenters. The molecule has 0 saturated carbocycles. The Kier molecular flexibility index (Phi) is 3.90. The van der Waals surface area contributed by atoms with Gasteiger partial charge in [-0.05, 0) is 19.1 Å². The van der Waals surface area contributed by atoms with Crippen LogP contribution < -0.4 is 4.59 Å². The largest absolute Gasteiger partial charge is 0.256 e. The Morgan fingerprint density at radius 2 is 1.87 bits per heavy atom. The average Bonchev–Trinajstić information content (AvgIpc) is 3.02. The lowest BCUT2D eigenvalue weighted by Gasteiger charge is -2.25. The van der Waals surface area contributed by atoms with E-state index in [9.17, 15) is 0 Å². The lowest BCUT2D eigenvalue weighted by atomic mass is 9.90. The Morgan fingerprint density at radius 3 is 2.48 bits per heavy atom. The molecule has 1 unspecified atom stereocenters. The first-order valence-electron chi connectivity index (χ1n) is 8.14. The van der Waals surface area contributed by atoms with Crippen LogP contribution in [0.3, 0.4) is 0 Å². The van der Waals surface area contributed by atoms with Crippen LogP contribution in [0.1, 0.15) is 27.7 Å². The summed E-state index contributed by atoms with van der Waals surface area (Å²) in [5.74, 6) is 0. The molecule has 1 aliphatic heterocycles. The van der Waals surface area contributed by atoms with E-state index in [1.807, 2.05) is 24.4 Å². The van der Waals surface area contributed by atoms with Gasteiger partial charge in [-0.1, -0.05) is 44.1 Å². The molecule has 1 aromatic heterocycles. The second-order valence-electron chi connectivity index (χ2n) is 6.96. The molecule has 0 radical (unpaired) electrons. The lowest BCUT2D eigenvalue weighted by molar-refractivity contribution is 0.413. The van der Waals surface area contributed by atoms with Gasteiger partial charge in [-0.15, -0.1) is 4.59 Å². The number of rotatable bonds is 3. The van der Waals surface area contributed by atoms with E-state index in [0.717, 1.165) is 23.5 Å². The Labute approximate surface area is 138 Å². The van der Waals surface area contributed by atoms with E-state index in [4.69, 9.17) is 5.10 Å². The summed E-state index contributed by atoms with van der Waals surface area (Å²) >= 11 is 0. The molecule has 3 nitrogen and oxygen atoms in total. The number of pyridine rings is 1. The number of benzene rings is 1. The summed E-state index contributed by atoms with van der Waals surface area (Å²) < 4.78 is 0.521. The number of nitrogens with zero attached hydrogens (tertiary/aromatic N) is 3. The maximum atomic E-state index is 5.04. The highest BCUT2D eigenvalue weighted by Gasteiger charge is 2.35. The predicted molar refractivity (Wildman–Crippen MR) is 98.0 cm³/mol. The SMILES string of the molecule is CC[N+]1(c2cccc(-c3ccccn3)c2)C=CC(C(C)(C)C)=N1. The first kappa shape index (κ1) is 15.6. The number of hydrogen-bond acceptors (Lipinski definition) is 2. The van der Waals surface area contributed by atoms with E-state index in [2.05, 4.69) is 69.2 Å². The van der Waals surface area contributed by atoms with Crippen molar-refractivity contribution in [3.05, 3.63) is 60.9 Å². The molecule has 2 heterocycles. The zero-order chi connectivity index (χ0) is 16.5. The number of hydrogen-bond donors (Lipinski definition) is 0. The molecule has 1 aliphatic rings. The van der Waals surface area contributed by atoms with Crippen LogP contribution in [0.4, 0.5) is 5.69 Å². The molecule has 0 fully saturated rings. The Morgan fingerprint density at radius 1 is 1.04 bits per heavy atom. The van der Waals surface area contributed by atoms with Gasteiger partial charge < -0.3 is 0 Å². The summed E-state index contributed by atoms with van der Waals surface area (Å²) in [5, 5.41) is 5.04. The number of quaternary nitrogens is 1. The molecule has 0 amide bonds. The summed E-state index contributed by atoms with van der Waals surface area (Å²) in [6, 6.07) is 14.5. The van der Waals surface area contributed by atoms with Crippen LogP contribution in [0, 0.1) is 5.41 Å². The van der Waals surface area contributed by atoms with E-state index in [1.165, 1.54) is 5.69 Å². The Balaban J connectivity index is 2.05. The van der Waals surface area contributed by atoms with E-state index < -0.39 is 0 Å². The van der Waals surface area contributed by atoms with Gasteiger partial charge in [0, 0.05) is 35.4 Å². The standard InChI is InChI=1S/C20H24N3/c1-5-23(14-12-19(22-23)20(2,3)4)17-10-8-9-16(15-17)18-11-6-7-13-21-18/h6-15H,5H2,1-4H3/q+1. The van der Waals surface area contributed by atoms with Gasteiger partial charge in [0.2, 0.25) is 0 Å². The maximum Gasteiger partial charge on any atom is 0.164 e. The van der Waals surface area contributed by atoms with Crippen molar-refractivity contribution < 1.29 is 0 Å². The fourth-order valence-electron chi connectivity index (χ4n) is 2.79. The van der Waals surface area contributed by atoms with Crippen molar-refractivity contribution >= 4 is 11.4 Å². The molecule has 3 heteroatoms. The van der Waals surface area contributed by atoms with Gasteiger partial charge >= 0.3 is 0 Å². The van der Waals surface area contributed by atoms with Crippen molar-refractivity contribution in [2.45, 2.75) is 27.7 Å². The highest BCUT2D eigenvalue weighted by Crippen LogP contribution is 2.34. The molecular formula is C20H24N3+. The van der Waals surface area contributed by atoms with Crippen LogP contribution in [-0.4, -0.2) is 17.2 Å². The molecule has 2 aromatic rings. The lowest BCUT2D eigenvalue weighted by Crippen LogP contribution is -2.36. The van der Waals surface area contributed by atoms with Gasteiger partial charge in [0.1, 0.15) is 18.5 Å². The van der Waals surface area contributed by atoms with Crippen LogP contribution >= 0.6 is 0 Å². The Bertz CT molecular complexity index is 754. The zero-order valence-electron chi connectivity index (χ0n) is 14.3. The molecular weight excluding hydrogens is 282 g/mol. The number of aromatic nitrogens is 1. The van der Waals surface area contributed by atoms with Crippen molar-refractivity contribution in [3.63, 3.8) is 0 Å². The maximum absolute atomic E-state index is 5.04. The summed E-state index contributed by atoms with van der Waals surface area (Å²) in [6.45, 7) is 9.68. The number of allylic oxidation sites excluding steroid dienone is 1.